The van der Waals surface area contributed by atoms with E-state index in [9.17, 15) is 4.79 Å². The van der Waals surface area contributed by atoms with Crippen molar-refractivity contribution in [2.75, 3.05) is 5.73 Å². The van der Waals surface area contributed by atoms with Gasteiger partial charge in [0.1, 0.15) is 0 Å². The zero-order chi connectivity index (χ0) is 10.7. The first-order valence-corrected chi connectivity index (χ1v) is 4.56. The van der Waals surface area contributed by atoms with Crippen LogP contribution >= 0.6 is 0 Å². The molecular formula is C12H15NO. The maximum atomic E-state index is 11.6. The number of hydrogen-bond donors (Lipinski definition) is 1. The number of hydrogen-bond acceptors (Lipinski definition) is 2. The van der Waals surface area contributed by atoms with Gasteiger partial charge in [-0.25, -0.2) is 0 Å². The molecule has 0 atom stereocenters. The largest absolute Gasteiger partial charge is 0.398 e. The molecule has 14 heavy (non-hydrogen) atoms. The summed E-state index contributed by atoms with van der Waals surface area (Å²) in [5.41, 5.74) is 9.02. The van der Waals surface area contributed by atoms with Crippen LogP contribution in [0, 0.1) is 6.92 Å². The van der Waals surface area contributed by atoms with Crippen molar-refractivity contribution in [3.8, 4) is 0 Å². The molecule has 74 valence electrons. The van der Waals surface area contributed by atoms with Crippen LogP contribution in [0.1, 0.15) is 29.8 Å². The number of carbonyl (C=O) groups excluding carboxylic acids is 1. The van der Waals surface area contributed by atoms with Gasteiger partial charge < -0.3 is 5.73 Å². The third-order valence-corrected chi connectivity index (χ3v) is 1.98. The molecule has 0 aliphatic carbocycles. The number of carbonyl (C=O) groups is 1. The topological polar surface area (TPSA) is 43.1 Å². The van der Waals surface area contributed by atoms with Crippen LogP contribution in [0.2, 0.25) is 0 Å². The van der Waals surface area contributed by atoms with E-state index >= 15 is 0 Å². The second-order valence-corrected chi connectivity index (χ2v) is 3.66. The molecule has 1 rings (SSSR count). The standard InChI is InChI=1S/C12H15NO/c1-8(2)6-12(14)10-5-4-9(3)11(13)7-10/h4-7H,13H2,1-3H3. The van der Waals surface area contributed by atoms with Crippen molar-refractivity contribution in [1.29, 1.82) is 0 Å². The summed E-state index contributed by atoms with van der Waals surface area (Å²) in [6.07, 6.45) is 1.62. The monoisotopic (exact) mass is 189 g/mol. The molecule has 0 aliphatic heterocycles. The predicted octanol–water partition coefficient (Wildman–Crippen LogP) is 2.73. The van der Waals surface area contributed by atoms with Gasteiger partial charge in [-0.3, -0.25) is 4.79 Å². The van der Waals surface area contributed by atoms with E-state index in [2.05, 4.69) is 0 Å². The second-order valence-electron chi connectivity index (χ2n) is 3.66. The molecule has 0 saturated heterocycles. The fourth-order valence-electron chi connectivity index (χ4n) is 1.14. The molecule has 0 saturated carbocycles. The first-order valence-electron chi connectivity index (χ1n) is 4.56. The molecule has 1 aromatic rings. The molecule has 2 nitrogen and oxygen atoms in total. The second kappa shape index (κ2) is 4.09. The summed E-state index contributed by atoms with van der Waals surface area (Å²) in [7, 11) is 0. The number of nitrogen functional groups attached to an aromatic ring is 1. The van der Waals surface area contributed by atoms with E-state index in [4.69, 9.17) is 5.73 Å². The SMILES string of the molecule is CC(C)=CC(=O)c1ccc(C)c(N)c1. The average molecular weight is 189 g/mol. The van der Waals surface area contributed by atoms with Gasteiger partial charge in [0, 0.05) is 11.3 Å². The maximum absolute atomic E-state index is 11.6. The van der Waals surface area contributed by atoms with Gasteiger partial charge in [-0.05, 0) is 38.5 Å². The van der Waals surface area contributed by atoms with Crippen LogP contribution in [0.4, 0.5) is 5.69 Å². The molecule has 0 amide bonds. The normalized spacial score (nSPS) is 9.64. The molecule has 2 N–H and O–H groups in total. The lowest BCUT2D eigenvalue weighted by molar-refractivity contribution is 0.104. The van der Waals surface area contributed by atoms with E-state index in [1.807, 2.05) is 26.8 Å². The van der Waals surface area contributed by atoms with Gasteiger partial charge in [0.05, 0.1) is 0 Å². The lowest BCUT2D eigenvalue weighted by Crippen LogP contribution is -1.98. The zero-order valence-electron chi connectivity index (χ0n) is 8.79. The Kier molecular flexibility index (Phi) is 3.07. The summed E-state index contributed by atoms with van der Waals surface area (Å²) in [5.74, 6) is 0.0108. The minimum atomic E-state index is 0.0108. The van der Waals surface area contributed by atoms with Gasteiger partial charge in [0.25, 0.3) is 0 Å². The third-order valence-electron chi connectivity index (χ3n) is 1.98. The van der Waals surface area contributed by atoms with E-state index in [-0.39, 0.29) is 5.78 Å². The maximum Gasteiger partial charge on any atom is 0.185 e. The van der Waals surface area contributed by atoms with Crippen molar-refractivity contribution >= 4 is 11.5 Å². The number of aryl methyl sites for hydroxylation is 1. The summed E-state index contributed by atoms with van der Waals surface area (Å²) in [6.45, 7) is 5.72. The Bertz CT molecular complexity index is 387. The fourth-order valence-corrected chi connectivity index (χ4v) is 1.14. The van der Waals surface area contributed by atoms with E-state index < -0.39 is 0 Å². The molecule has 2 heteroatoms. The van der Waals surface area contributed by atoms with E-state index in [1.165, 1.54) is 0 Å². The van der Waals surface area contributed by atoms with Crippen LogP contribution in [0.5, 0.6) is 0 Å². The minimum absolute atomic E-state index is 0.0108. The molecule has 0 spiro atoms. The van der Waals surface area contributed by atoms with Crippen LogP contribution in [-0.4, -0.2) is 5.78 Å². The van der Waals surface area contributed by atoms with Crippen molar-refractivity contribution in [3.05, 3.63) is 41.0 Å². The molecule has 0 unspecified atom stereocenters. The van der Waals surface area contributed by atoms with Gasteiger partial charge in [-0.2, -0.15) is 0 Å². The van der Waals surface area contributed by atoms with Crippen molar-refractivity contribution in [1.82, 2.24) is 0 Å². The average Bonchev–Trinajstić information content (AvgIpc) is 2.08. The highest BCUT2D eigenvalue weighted by molar-refractivity contribution is 6.05. The Morgan fingerprint density at radius 1 is 1.36 bits per heavy atom. The zero-order valence-corrected chi connectivity index (χ0v) is 8.79. The number of ketones is 1. The minimum Gasteiger partial charge on any atom is -0.398 e. The molecule has 0 radical (unpaired) electrons. The summed E-state index contributed by atoms with van der Waals surface area (Å²) in [6, 6.07) is 5.38. The highest BCUT2D eigenvalue weighted by Crippen LogP contribution is 2.14. The predicted molar refractivity (Wildman–Crippen MR) is 59.4 cm³/mol. The van der Waals surface area contributed by atoms with E-state index in [0.29, 0.717) is 11.3 Å². The molecular weight excluding hydrogens is 174 g/mol. The highest BCUT2D eigenvalue weighted by Gasteiger charge is 2.03. The molecule has 0 fully saturated rings. The highest BCUT2D eigenvalue weighted by atomic mass is 16.1. The first-order chi connectivity index (χ1) is 6.50. The molecule has 1 aromatic carbocycles. The lowest BCUT2D eigenvalue weighted by atomic mass is 10.1. The number of allylic oxidation sites excluding steroid dienone is 2. The Morgan fingerprint density at radius 2 is 2.00 bits per heavy atom. The summed E-state index contributed by atoms with van der Waals surface area (Å²) in [4.78, 5) is 11.6. The summed E-state index contributed by atoms with van der Waals surface area (Å²) >= 11 is 0. The van der Waals surface area contributed by atoms with Crippen molar-refractivity contribution < 1.29 is 4.79 Å². The van der Waals surface area contributed by atoms with Crippen LogP contribution in [0.25, 0.3) is 0 Å². The van der Waals surface area contributed by atoms with Crippen LogP contribution in [0.3, 0.4) is 0 Å². The van der Waals surface area contributed by atoms with Gasteiger partial charge >= 0.3 is 0 Å². The first kappa shape index (κ1) is 10.5. The Morgan fingerprint density at radius 3 is 2.50 bits per heavy atom. The smallest absolute Gasteiger partial charge is 0.185 e. The van der Waals surface area contributed by atoms with Crippen LogP contribution < -0.4 is 5.73 Å². The molecule has 0 aromatic heterocycles. The van der Waals surface area contributed by atoms with Gasteiger partial charge in [-0.1, -0.05) is 17.7 Å². The third kappa shape index (κ3) is 2.46. The molecule has 0 aliphatic rings. The van der Waals surface area contributed by atoms with Gasteiger partial charge in [0.15, 0.2) is 5.78 Å². The Hall–Kier alpha value is -1.57. The van der Waals surface area contributed by atoms with Crippen LogP contribution in [0.15, 0.2) is 29.8 Å². The number of rotatable bonds is 2. The number of nitrogens with two attached hydrogens (primary N) is 1. The van der Waals surface area contributed by atoms with Crippen molar-refractivity contribution in [3.63, 3.8) is 0 Å². The fraction of sp³-hybridized carbons (Fsp3) is 0.250. The quantitative estimate of drug-likeness (QED) is 0.441. The summed E-state index contributed by atoms with van der Waals surface area (Å²) in [5, 5.41) is 0. The van der Waals surface area contributed by atoms with Crippen molar-refractivity contribution in [2.45, 2.75) is 20.8 Å². The Balaban J connectivity index is 3.03. The van der Waals surface area contributed by atoms with Crippen LogP contribution in [-0.2, 0) is 0 Å². The lowest BCUT2D eigenvalue weighted by Gasteiger charge is -2.02. The molecule has 0 bridgehead atoms. The van der Waals surface area contributed by atoms with Gasteiger partial charge in [0.2, 0.25) is 0 Å². The number of benzene rings is 1. The van der Waals surface area contributed by atoms with Crippen molar-refractivity contribution in [2.24, 2.45) is 0 Å². The van der Waals surface area contributed by atoms with E-state index in [1.54, 1.807) is 18.2 Å². The van der Waals surface area contributed by atoms with Gasteiger partial charge in [-0.15, -0.1) is 0 Å². The number of anilines is 1. The molecule has 0 heterocycles. The Labute approximate surface area is 84.4 Å². The van der Waals surface area contributed by atoms with E-state index in [0.717, 1.165) is 11.1 Å². The summed E-state index contributed by atoms with van der Waals surface area (Å²) < 4.78 is 0.